The zero-order chi connectivity index (χ0) is 42.2. The molecule has 300 valence electrons. The lowest BCUT2D eigenvalue weighted by atomic mass is 9.97. The van der Waals surface area contributed by atoms with Gasteiger partial charge in [0, 0.05) is 43.6 Å². The van der Waals surface area contributed by atoms with E-state index in [0.29, 0.717) is 0 Å². The monoisotopic (exact) mass is 832 g/mol. The summed E-state index contributed by atoms with van der Waals surface area (Å²) in [6, 6.07) is 88.9. The maximum absolute atomic E-state index is 7.01. The van der Waals surface area contributed by atoms with Crippen molar-refractivity contribution in [2.45, 2.75) is 0 Å². The molecular formula is C60H40N2OSi. The van der Waals surface area contributed by atoms with Gasteiger partial charge >= 0.3 is 0 Å². The molecule has 0 aliphatic heterocycles. The number of furan rings is 1. The number of nitrogens with zero attached hydrogens (tertiary/aromatic N) is 2. The molecule has 0 fully saturated rings. The molecule has 0 atom stereocenters. The van der Waals surface area contributed by atoms with Crippen LogP contribution in [0.25, 0.3) is 88.1 Å². The lowest BCUT2D eigenvalue weighted by Gasteiger charge is -2.34. The average molecular weight is 833 g/mol. The van der Waals surface area contributed by atoms with Crippen molar-refractivity contribution in [1.29, 1.82) is 0 Å². The van der Waals surface area contributed by atoms with Crippen LogP contribution in [-0.4, -0.2) is 17.2 Å². The third-order valence-corrected chi connectivity index (χ3v) is 18.2. The number of rotatable bonds is 7. The van der Waals surface area contributed by atoms with Crippen LogP contribution in [0.3, 0.4) is 0 Å². The zero-order valence-corrected chi connectivity index (χ0v) is 35.9. The van der Waals surface area contributed by atoms with Crippen LogP contribution in [0.4, 0.5) is 0 Å². The van der Waals surface area contributed by atoms with Gasteiger partial charge in [-0.1, -0.05) is 194 Å². The Bertz CT molecular complexity index is 3790. The van der Waals surface area contributed by atoms with Gasteiger partial charge in [0.25, 0.3) is 0 Å². The Morgan fingerprint density at radius 3 is 1.53 bits per heavy atom. The first-order chi connectivity index (χ1) is 31.8. The summed E-state index contributed by atoms with van der Waals surface area (Å²) >= 11 is 0. The molecule has 0 unspecified atom stereocenters. The molecule has 0 amide bonds. The SMILES string of the molecule is c1ccc(-n2c3ccccc3c3c(-n4c5ccccc5c5cccc(-c6cccc7oc8cc([Si](c9ccccc9)(c9ccccc9)c9ccccc9)ccc8c67)c54)cccc32)cc1. The van der Waals surface area contributed by atoms with E-state index in [9.17, 15) is 0 Å². The highest BCUT2D eigenvalue weighted by molar-refractivity contribution is 7.20. The second kappa shape index (κ2) is 14.5. The molecule has 0 saturated heterocycles. The van der Waals surface area contributed by atoms with E-state index in [1.165, 1.54) is 64.4 Å². The van der Waals surface area contributed by atoms with E-state index in [1.807, 2.05) is 0 Å². The molecule has 0 N–H and O–H groups in total. The first kappa shape index (κ1) is 36.5. The summed E-state index contributed by atoms with van der Waals surface area (Å²) in [6.07, 6.45) is 0. The van der Waals surface area contributed by atoms with E-state index in [4.69, 9.17) is 4.42 Å². The second-order valence-electron chi connectivity index (χ2n) is 16.8. The van der Waals surface area contributed by atoms with Crippen molar-refractivity contribution in [3.8, 4) is 22.5 Å². The van der Waals surface area contributed by atoms with Gasteiger partial charge in [-0.25, -0.2) is 0 Å². The molecule has 3 aromatic heterocycles. The predicted molar refractivity (Wildman–Crippen MR) is 271 cm³/mol. The molecule has 10 aromatic carbocycles. The first-order valence-electron chi connectivity index (χ1n) is 22.0. The molecular weight excluding hydrogens is 793 g/mol. The fourth-order valence-electron chi connectivity index (χ4n) is 10.9. The van der Waals surface area contributed by atoms with Crippen LogP contribution in [0.5, 0.6) is 0 Å². The van der Waals surface area contributed by atoms with Gasteiger partial charge in [-0.05, 0) is 74.8 Å². The fourth-order valence-corrected chi connectivity index (χ4v) is 15.6. The molecule has 0 bridgehead atoms. The van der Waals surface area contributed by atoms with E-state index in [0.717, 1.165) is 44.4 Å². The highest BCUT2D eigenvalue weighted by Crippen LogP contribution is 2.45. The minimum absolute atomic E-state index is 0.878. The molecule has 0 saturated carbocycles. The molecule has 3 nitrogen and oxygen atoms in total. The number of fused-ring (bicyclic) bond motifs is 9. The van der Waals surface area contributed by atoms with Crippen molar-refractivity contribution in [2.75, 3.05) is 0 Å². The third-order valence-electron chi connectivity index (χ3n) is 13.5. The third kappa shape index (κ3) is 5.27. The van der Waals surface area contributed by atoms with Crippen molar-refractivity contribution in [3.63, 3.8) is 0 Å². The standard InChI is InChI=1S/C60H40N2OSi/c1-5-20-41(21-6-1)61-53-34-16-14-29-50(53)59-54(61)35-19-36-55(59)62-52-33-15-13-28-46(52)48-31-17-32-49(60(48)62)47-30-18-37-56-58(47)51-39-38-45(40-57(51)63-56)64(42-22-7-2-8-23-42,43-24-9-3-10-25-43)44-26-11-4-12-27-44/h1-40H. The lowest BCUT2D eigenvalue weighted by Crippen LogP contribution is -2.74. The number of hydrogen-bond donors (Lipinski definition) is 0. The van der Waals surface area contributed by atoms with Crippen LogP contribution < -0.4 is 20.7 Å². The topological polar surface area (TPSA) is 23.0 Å². The summed E-state index contributed by atoms with van der Waals surface area (Å²) in [5.74, 6) is 0. The first-order valence-corrected chi connectivity index (χ1v) is 24.0. The highest BCUT2D eigenvalue weighted by Gasteiger charge is 2.41. The van der Waals surface area contributed by atoms with Gasteiger partial charge in [0.15, 0.2) is 8.07 Å². The Balaban J connectivity index is 1.08. The van der Waals surface area contributed by atoms with Crippen molar-refractivity contribution >= 4 is 94.4 Å². The lowest BCUT2D eigenvalue weighted by molar-refractivity contribution is 0.669. The van der Waals surface area contributed by atoms with Gasteiger partial charge in [-0.2, -0.15) is 0 Å². The van der Waals surface area contributed by atoms with E-state index in [-0.39, 0.29) is 0 Å². The summed E-state index contributed by atoms with van der Waals surface area (Å²) in [5, 5.41) is 12.4. The van der Waals surface area contributed by atoms with Crippen LogP contribution in [0.1, 0.15) is 0 Å². The zero-order valence-electron chi connectivity index (χ0n) is 34.9. The Hall–Kier alpha value is -8.18. The van der Waals surface area contributed by atoms with E-state index in [1.54, 1.807) is 0 Å². The minimum Gasteiger partial charge on any atom is -0.456 e. The van der Waals surface area contributed by atoms with Crippen LogP contribution in [-0.2, 0) is 0 Å². The smallest absolute Gasteiger partial charge is 0.179 e. The average Bonchev–Trinajstić information content (AvgIpc) is 4.03. The van der Waals surface area contributed by atoms with Crippen molar-refractivity contribution in [1.82, 2.24) is 9.13 Å². The normalized spacial score (nSPS) is 12.1. The van der Waals surface area contributed by atoms with Gasteiger partial charge in [0.05, 0.1) is 27.8 Å². The number of aromatic nitrogens is 2. The Morgan fingerprint density at radius 1 is 0.312 bits per heavy atom. The van der Waals surface area contributed by atoms with Crippen molar-refractivity contribution in [3.05, 3.63) is 243 Å². The van der Waals surface area contributed by atoms with Gasteiger partial charge in [-0.3, -0.25) is 0 Å². The Morgan fingerprint density at radius 2 is 0.844 bits per heavy atom. The van der Waals surface area contributed by atoms with Crippen LogP contribution in [0, 0.1) is 0 Å². The molecule has 0 aliphatic rings. The number of para-hydroxylation sites is 4. The van der Waals surface area contributed by atoms with Gasteiger partial charge in [-0.15, -0.1) is 0 Å². The quantitative estimate of drug-likeness (QED) is 0.116. The largest absolute Gasteiger partial charge is 0.456 e. The van der Waals surface area contributed by atoms with Gasteiger partial charge in [0.2, 0.25) is 0 Å². The minimum atomic E-state index is -2.77. The maximum atomic E-state index is 7.01. The van der Waals surface area contributed by atoms with E-state index >= 15 is 0 Å². The summed E-state index contributed by atoms with van der Waals surface area (Å²) in [6.45, 7) is 0. The van der Waals surface area contributed by atoms with Gasteiger partial charge < -0.3 is 13.6 Å². The second-order valence-corrected chi connectivity index (χ2v) is 20.6. The number of benzene rings is 10. The van der Waals surface area contributed by atoms with Gasteiger partial charge in [0.1, 0.15) is 11.2 Å². The Labute approximate surface area is 371 Å². The van der Waals surface area contributed by atoms with E-state index < -0.39 is 8.07 Å². The molecule has 0 spiro atoms. The van der Waals surface area contributed by atoms with E-state index in [2.05, 4.69) is 252 Å². The molecule has 64 heavy (non-hydrogen) atoms. The molecule has 13 rings (SSSR count). The molecule has 4 heteroatoms. The molecule has 3 heterocycles. The van der Waals surface area contributed by atoms with Crippen LogP contribution in [0.2, 0.25) is 0 Å². The van der Waals surface area contributed by atoms with Crippen molar-refractivity contribution in [2.24, 2.45) is 0 Å². The van der Waals surface area contributed by atoms with Crippen molar-refractivity contribution < 1.29 is 4.42 Å². The Kier molecular flexibility index (Phi) is 8.23. The summed E-state index contributed by atoms with van der Waals surface area (Å²) < 4.78 is 11.9. The maximum Gasteiger partial charge on any atom is 0.179 e. The molecule has 0 radical (unpaired) electrons. The highest BCUT2D eigenvalue weighted by atomic mass is 28.3. The van der Waals surface area contributed by atoms with Crippen LogP contribution in [0.15, 0.2) is 247 Å². The fraction of sp³-hybridized carbons (Fsp3) is 0. The number of hydrogen-bond acceptors (Lipinski definition) is 1. The summed E-state index contributed by atoms with van der Waals surface area (Å²) in [4.78, 5) is 0. The predicted octanol–water partition coefficient (Wildman–Crippen LogP) is 12.8. The molecule has 13 aromatic rings. The van der Waals surface area contributed by atoms with Crippen LogP contribution >= 0.6 is 0 Å². The molecule has 0 aliphatic carbocycles. The summed E-state index contributed by atoms with van der Waals surface area (Å²) in [7, 11) is -2.77. The summed E-state index contributed by atoms with van der Waals surface area (Å²) in [5.41, 5.74) is 11.1.